The van der Waals surface area contributed by atoms with E-state index in [0.717, 1.165) is 36.4 Å². The van der Waals surface area contributed by atoms with E-state index in [0.29, 0.717) is 30.5 Å². The standard InChI is InChI=1S/C21H31FN4O2.HI/c1-5-16(6-2)20-11-18(28-26-20)13-25-21(23-7-3)24-12-15-8-9-19(22)17(10-15)14-27-4;/h8-11,16H,5-7,12-14H2,1-4H3,(H2,23,24,25);1H. The Hall–Kier alpha value is -1.68. The Morgan fingerprint density at radius 2 is 1.97 bits per heavy atom. The van der Waals surface area contributed by atoms with Crippen LogP contribution in [0.4, 0.5) is 4.39 Å². The zero-order chi connectivity index (χ0) is 20.4. The van der Waals surface area contributed by atoms with Crippen molar-refractivity contribution in [3.63, 3.8) is 0 Å². The summed E-state index contributed by atoms with van der Waals surface area (Å²) in [6.45, 7) is 8.23. The van der Waals surface area contributed by atoms with Crippen LogP contribution < -0.4 is 10.6 Å². The van der Waals surface area contributed by atoms with Gasteiger partial charge in [-0.25, -0.2) is 9.38 Å². The zero-order valence-corrected chi connectivity index (χ0v) is 20.0. The van der Waals surface area contributed by atoms with Gasteiger partial charge in [0.1, 0.15) is 5.82 Å². The van der Waals surface area contributed by atoms with Gasteiger partial charge in [0, 0.05) is 31.2 Å². The fraction of sp³-hybridized carbons (Fsp3) is 0.524. The number of methoxy groups -OCH3 is 1. The van der Waals surface area contributed by atoms with Gasteiger partial charge in [0.2, 0.25) is 0 Å². The van der Waals surface area contributed by atoms with Gasteiger partial charge in [-0.05, 0) is 37.5 Å². The van der Waals surface area contributed by atoms with Gasteiger partial charge in [0.05, 0.1) is 25.4 Å². The molecule has 0 spiro atoms. The fourth-order valence-corrected chi connectivity index (χ4v) is 2.99. The first-order valence-corrected chi connectivity index (χ1v) is 9.85. The van der Waals surface area contributed by atoms with Gasteiger partial charge in [-0.1, -0.05) is 25.1 Å². The number of nitrogens with one attached hydrogen (secondary N) is 2. The third kappa shape index (κ3) is 7.93. The quantitative estimate of drug-likeness (QED) is 0.270. The molecule has 0 saturated heterocycles. The number of rotatable bonds is 10. The maximum Gasteiger partial charge on any atom is 0.191 e. The minimum absolute atomic E-state index is 0. The van der Waals surface area contributed by atoms with Crippen LogP contribution in [0.3, 0.4) is 0 Å². The molecule has 0 fully saturated rings. The molecule has 2 aromatic rings. The van der Waals surface area contributed by atoms with E-state index in [9.17, 15) is 4.39 Å². The minimum atomic E-state index is -0.266. The molecule has 8 heteroatoms. The third-order valence-corrected chi connectivity index (χ3v) is 4.59. The topological polar surface area (TPSA) is 71.7 Å². The molecule has 29 heavy (non-hydrogen) atoms. The number of ether oxygens (including phenoxy) is 1. The highest BCUT2D eigenvalue weighted by Gasteiger charge is 2.13. The largest absolute Gasteiger partial charge is 0.380 e. The summed E-state index contributed by atoms with van der Waals surface area (Å²) in [5, 5.41) is 10.6. The van der Waals surface area contributed by atoms with Crippen molar-refractivity contribution in [2.24, 2.45) is 4.99 Å². The van der Waals surface area contributed by atoms with Crippen molar-refractivity contribution in [2.45, 2.75) is 59.2 Å². The van der Waals surface area contributed by atoms with Gasteiger partial charge >= 0.3 is 0 Å². The summed E-state index contributed by atoms with van der Waals surface area (Å²) in [5.74, 6) is 1.61. The normalized spacial score (nSPS) is 11.4. The first kappa shape index (κ1) is 25.4. The van der Waals surface area contributed by atoms with Gasteiger partial charge in [-0.2, -0.15) is 0 Å². The number of hydrogen-bond acceptors (Lipinski definition) is 4. The van der Waals surface area contributed by atoms with Crippen LogP contribution in [-0.2, 0) is 24.4 Å². The van der Waals surface area contributed by atoms with E-state index < -0.39 is 0 Å². The smallest absolute Gasteiger partial charge is 0.191 e. The molecule has 0 atom stereocenters. The van der Waals surface area contributed by atoms with E-state index in [1.54, 1.807) is 19.2 Å². The summed E-state index contributed by atoms with van der Waals surface area (Å²) in [6.07, 6.45) is 2.09. The summed E-state index contributed by atoms with van der Waals surface area (Å²) in [7, 11) is 1.55. The van der Waals surface area contributed by atoms with Crippen LogP contribution in [0.2, 0.25) is 0 Å². The average Bonchev–Trinajstić information content (AvgIpc) is 3.16. The summed E-state index contributed by atoms with van der Waals surface area (Å²) >= 11 is 0. The molecule has 0 aliphatic rings. The van der Waals surface area contributed by atoms with Crippen LogP contribution in [0.1, 0.15) is 62.1 Å². The van der Waals surface area contributed by atoms with Crippen molar-refractivity contribution in [1.29, 1.82) is 0 Å². The Balaban J connectivity index is 0.00000420. The molecule has 162 valence electrons. The SMILES string of the molecule is CCNC(=NCc1ccc(F)c(COC)c1)NCc1cc(C(CC)CC)no1.I. The van der Waals surface area contributed by atoms with E-state index in [4.69, 9.17) is 9.26 Å². The molecule has 0 aliphatic carbocycles. The van der Waals surface area contributed by atoms with E-state index in [-0.39, 0.29) is 36.4 Å². The Morgan fingerprint density at radius 1 is 1.21 bits per heavy atom. The Morgan fingerprint density at radius 3 is 2.62 bits per heavy atom. The lowest BCUT2D eigenvalue weighted by atomic mass is 9.99. The van der Waals surface area contributed by atoms with Crippen molar-refractivity contribution in [1.82, 2.24) is 15.8 Å². The van der Waals surface area contributed by atoms with E-state index in [2.05, 4.69) is 34.6 Å². The summed E-state index contributed by atoms with van der Waals surface area (Å²) < 4.78 is 24.2. The predicted octanol–water partition coefficient (Wildman–Crippen LogP) is 4.74. The molecule has 0 unspecified atom stereocenters. The summed E-state index contributed by atoms with van der Waals surface area (Å²) in [4.78, 5) is 4.57. The van der Waals surface area contributed by atoms with Crippen LogP contribution in [0.25, 0.3) is 0 Å². The molecule has 1 heterocycles. The van der Waals surface area contributed by atoms with Gasteiger partial charge in [-0.15, -0.1) is 24.0 Å². The summed E-state index contributed by atoms with van der Waals surface area (Å²) in [6, 6.07) is 6.98. The third-order valence-electron chi connectivity index (χ3n) is 4.59. The molecule has 2 rings (SSSR count). The molecule has 1 aromatic carbocycles. The Bertz CT molecular complexity index is 763. The van der Waals surface area contributed by atoms with Crippen LogP contribution in [0.15, 0.2) is 33.8 Å². The molecule has 0 amide bonds. The van der Waals surface area contributed by atoms with E-state index >= 15 is 0 Å². The molecular formula is C21H32FIN4O2. The maximum absolute atomic E-state index is 13.7. The van der Waals surface area contributed by atoms with Crippen LogP contribution >= 0.6 is 24.0 Å². The van der Waals surface area contributed by atoms with Gasteiger partial charge in [0.25, 0.3) is 0 Å². The van der Waals surface area contributed by atoms with Crippen LogP contribution in [-0.4, -0.2) is 24.8 Å². The molecule has 0 saturated carbocycles. The molecule has 0 radical (unpaired) electrons. The molecule has 0 aliphatic heterocycles. The highest BCUT2D eigenvalue weighted by Crippen LogP contribution is 2.22. The van der Waals surface area contributed by atoms with Crippen LogP contribution in [0, 0.1) is 5.82 Å². The fourth-order valence-electron chi connectivity index (χ4n) is 2.99. The monoisotopic (exact) mass is 518 g/mol. The second-order valence-corrected chi connectivity index (χ2v) is 6.64. The molecular weight excluding hydrogens is 486 g/mol. The zero-order valence-electron chi connectivity index (χ0n) is 17.6. The highest BCUT2D eigenvalue weighted by molar-refractivity contribution is 14.0. The lowest BCUT2D eigenvalue weighted by Gasteiger charge is -2.10. The van der Waals surface area contributed by atoms with Gasteiger partial charge in [-0.3, -0.25) is 0 Å². The number of aromatic nitrogens is 1. The number of guanidine groups is 1. The predicted molar refractivity (Wildman–Crippen MR) is 124 cm³/mol. The first-order valence-electron chi connectivity index (χ1n) is 9.85. The Labute approximate surface area is 189 Å². The lowest BCUT2D eigenvalue weighted by molar-refractivity contribution is 0.181. The van der Waals surface area contributed by atoms with Crippen molar-refractivity contribution in [3.8, 4) is 0 Å². The van der Waals surface area contributed by atoms with Crippen molar-refractivity contribution >= 4 is 29.9 Å². The van der Waals surface area contributed by atoms with Gasteiger partial charge in [0.15, 0.2) is 11.7 Å². The second kappa shape index (κ2) is 13.5. The maximum atomic E-state index is 13.7. The Kier molecular flexibility index (Phi) is 11.8. The minimum Gasteiger partial charge on any atom is -0.380 e. The number of hydrogen-bond donors (Lipinski definition) is 2. The number of halogens is 2. The average molecular weight is 518 g/mol. The van der Waals surface area contributed by atoms with Crippen molar-refractivity contribution in [3.05, 3.63) is 52.7 Å². The highest BCUT2D eigenvalue weighted by atomic mass is 127. The molecule has 2 N–H and O–H groups in total. The van der Waals surface area contributed by atoms with Crippen molar-refractivity contribution < 1.29 is 13.7 Å². The second-order valence-electron chi connectivity index (χ2n) is 6.64. The molecule has 6 nitrogen and oxygen atoms in total. The van der Waals surface area contributed by atoms with Crippen molar-refractivity contribution in [2.75, 3.05) is 13.7 Å². The lowest BCUT2D eigenvalue weighted by Crippen LogP contribution is -2.36. The van der Waals surface area contributed by atoms with Gasteiger partial charge < -0.3 is 19.9 Å². The number of aliphatic imine (C=N–C) groups is 1. The number of nitrogens with zero attached hydrogens (tertiary/aromatic N) is 2. The molecule has 0 bridgehead atoms. The molecule has 1 aromatic heterocycles. The number of benzene rings is 1. The van der Waals surface area contributed by atoms with Crippen LogP contribution in [0.5, 0.6) is 0 Å². The van der Waals surface area contributed by atoms with E-state index in [1.165, 1.54) is 6.07 Å². The first-order chi connectivity index (χ1) is 13.6. The summed E-state index contributed by atoms with van der Waals surface area (Å²) in [5.41, 5.74) is 2.45. The van der Waals surface area contributed by atoms with E-state index in [1.807, 2.05) is 13.0 Å².